The van der Waals surface area contributed by atoms with Gasteiger partial charge in [0.25, 0.3) is 0 Å². The van der Waals surface area contributed by atoms with Gasteiger partial charge < -0.3 is 24.8 Å². The second-order valence-corrected chi connectivity index (χ2v) is 14.9. The van der Waals surface area contributed by atoms with Gasteiger partial charge >= 0.3 is 63.8 Å². The molecule has 0 fully saturated rings. The predicted octanol–water partition coefficient (Wildman–Crippen LogP) is 5.06. The van der Waals surface area contributed by atoms with Crippen LogP contribution in [0.5, 0.6) is 0 Å². The summed E-state index contributed by atoms with van der Waals surface area (Å²) in [6.45, 7) is 24.7. The van der Waals surface area contributed by atoms with Gasteiger partial charge in [0.05, 0.1) is 0 Å². The number of hydrogen-bond donors (Lipinski definition) is 0. The van der Waals surface area contributed by atoms with Gasteiger partial charge in [0.1, 0.15) is 0 Å². The molecule has 0 spiro atoms. The third-order valence-electron chi connectivity index (χ3n) is 7.48. The summed E-state index contributed by atoms with van der Waals surface area (Å²) in [7, 11) is 0. The molecule has 1 aliphatic carbocycles. The summed E-state index contributed by atoms with van der Waals surface area (Å²) >= 11 is 1.46. The van der Waals surface area contributed by atoms with Crippen molar-refractivity contribution < 1.29 is 49.0 Å². The first kappa shape index (κ1) is 38.4. The van der Waals surface area contributed by atoms with Crippen molar-refractivity contribution in [3.05, 3.63) is 113 Å². The fraction of sp³-hybridized carbons (Fsp3) is 0.385. The van der Waals surface area contributed by atoms with E-state index in [2.05, 4.69) is 159 Å². The molecular weight excluding hydrogens is 631 g/mol. The zero-order valence-electron chi connectivity index (χ0n) is 27.4. The topological polar surface area (TPSA) is 0 Å². The van der Waals surface area contributed by atoms with Crippen LogP contribution in [0.2, 0.25) is 0 Å². The maximum atomic E-state index is 3.40. The van der Waals surface area contributed by atoms with E-state index in [-0.39, 0.29) is 35.6 Å². The second-order valence-electron chi connectivity index (χ2n) is 14.2. The van der Waals surface area contributed by atoms with E-state index in [0.717, 1.165) is 0 Å². The van der Waals surface area contributed by atoms with Crippen LogP contribution < -0.4 is 24.8 Å². The molecule has 0 N–H and O–H groups in total. The molecule has 0 radical (unpaired) electrons. The van der Waals surface area contributed by atoms with Crippen molar-refractivity contribution in [3.63, 3.8) is 0 Å². The fourth-order valence-electron chi connectivity index (χ4n) is 5.15. The molecule has 224 valence electrons. The minimum absolute atomic E-state index is 0. The molecule has 1 unspecified atom stereocenters. The third-order valence-corrected chi connectivity index (χ3v) is 8.29. The summed E-state index contributed by atoms with van der Waals surface area (Å²) in [6, 6.07) is 26.5. The van der Waals surface area contributed by atoms with Gasteiger partial charge in [-0.05, 0) is 10.8 Å². The van der Waals surface area contributed by atoms with Gasteiger partial charge in [0.15, 0.2) is 0 Å². The summed E-state index contributed by atoms with van der Waals surface area (Å²) < 4.78 is 2.17. The van der Waals surface area contributed by atoms with Gasteiger partial charge in [0, 0.05) is 0 Å². The van der Waals surface area contributed by atoms with E-state index < -0.39 is 0 Å². The van der Waals surface area contributed by atoms with Crippen LogP contribution in [0.3, 0.4) is 0 Å². The van der Waals surface area contributed by atoms with Crippen LogP contribution in [0.25, 0.3) is 21.5 Å². The van der Waals surface area contributed by atoms with Gasteiger partial charge in [-0.15, -0.1) is 39.7 Å². The molecule has 0 amide bonds. The molecule has 0 bridgehead atoms. The maximum absolute atomic E-state index is 3.40. The van der Waals surface area contributed by atoms with Crippen molar-refractivity contribution in [2.75, 3.05) is 0 Å². The number of hydrogen-bond acceptors (Lipinski definition) is 0. The summed E-state index contributed by atoms with van der Waals surface area (Å²) in [4.78, 5) is 0. The molecule has 0 saturated heterocycles. The second kappa shape index (κ2) is 15.4. The monoisotopic (exact) mass is 676 g/mol. The van der Waals surface area contributed by atoms with E-state index in [1.165, 1.54) is 73.6 Å². The molecule has 0 aliphatic heterocycles. The quantitative estimate of drug-likeness (QED) is 0.247. The Morgan fingerprint density at radius 1 is 0.690 bits per heavy atom. The van der Waals surface area contributed by atoms with Gasteiger partial charge in [-0.25, -0.2) is 5.57 Å². The SMILES string of the molecule is CC(C)(C)c1ccc2c(c1)[cH-]c1cc(C(C)(C)C)ccc12.CC1=[C-]C(C)C=C1C(C)(C)C.[Cl-].[Cl-].[Zr+2]=[CH]c1ccccc1. The summed E-state index contributed by atoms with van der Waals surface area (Å²) in [6.07, 6.45) is 5.71. The summed E-state index contributed by atoms with van der Waals surface area (Å²) in [5, 5.41) is 5.48. The van der Waals surface area contributed by atoms with E-state index >= 15 is 0 Å². The van der Waals surface area contributed by atoms with Crippen molar-refractivity contribution in [1.29, 1.82) is 0 Å². The molecule has 0 nitrogen and oxygen atoms in total. The third kappa shape index (κ3) is 10.2. The fourth-order valence-corrected chi connectivity index (χ4v) is 5.63. The Bertz CT molecular complexity index is 1450. The van der Waals surface area contributed by atoms with Crippen molar-refractivity contribution >= 4 is 25.3 Å². The molecule has 1 aliphatic rings. The van der Waals surface area contributed by atoms with Crippen LogP contribution >= 0.6 is 0 Å². The number of rotatable bonds is 1. The van der Waals surface area contributed by atoms with Crippen LogP contribution in [0.4, 0.5) is 0 Å². The van der Waals surface area contributed by atoms with E-state index in [1.54, 1.807) is 0 Å². The van der Waals surface area contributed by atoms with Crippen molar-refractivity contribution in [1.82, 2.24) is 0 Å². The van der Waals surface area contributed by atoms with Gasteiger partial charge in [-0.3, -0.25) is 6.08 Å². The van der Waals surface area contributed by atoms with Gasteiger partial charge in [-0.1, -0.05) is 123 Å². The van der Waals surface area contributed by atoms with Gasteiger partial charge in [-0.2, -0.15) is 11.6 Å². The molecule has 0 saturated carbocycles. The van der Waals surface area contributed by atoms with E-state index in [4.69, 9.17) is 0 Å². The van der Waals surface area contributed by atoms with E-state index in [1.807, 2.05) is 6.07 Å². The zero-order valence-corrected chi connectivity index (χ0v) is 31.4. The number of benzene rings is 3. The first-order valence-corrected chi connectivity index (χ1v) is 15.9. The Morgan fingerprint density at radius 3 is 1.43 bits per heavy atom. The van der Waals surface area contributed by atoms with E-state index in [9.17, 15) is 0 Å². The van der Waals surface area contributed by atoms with Crippen molar-refractivity contribution in [2.45, 2.75) is 87.0 Å². The Kier molecular flexibility index (Phi) is 14.0. The number of fused-ring (bicyclic) bond motifs is 3. The molecular formula is C39H48Cl2Zr-2. The molecule has 1 atom stereocenters. The van der Waals surface area contributed by atoms with Crippen LogP contribution in [0.15, 0.2) is 90.0 Å². The first-order chi connectivity index (χ1) is 18.5. The van der Waals surface area contributed by atoms with Crippen LogP contribution in [0.1, 0.15) is 92.9 Å². The standard InChI is InChI=1S/C21H25.C11H17.C7H6.2ClH.Zr/c1-20(2,3)16-7-9-18-14(12-16)11-15-13-17(21(4,5)6)8-10-19(15)18;1-8-6-9(2)10(7-8)11(3,4)5;1-7-5-3-2-4-6-7;;;/h7-13H,1-6H3;7-8H,1-5H3;1-6H;2*1H;/q2*-1;;;;+2/p-2. The molecule has 42 heavy (non-hydrogen) atoms. The van der Waals surface area contributed by atoms with Crippen LogP contribution in [-0.2, 0) is 35.1 Å². The summed E-state index contributed by atoms with van der Waals surface area (Å²) in [5.74, 6) is 0.518. The minimum atomic E-state index is 0. The zero-order chi connectivity index (χ0) is 29.9. The van der Waals surface area contributed by atoms with Crippen LogP contribution in [0, 0.1) is 17.4 Å². The Labute approximate surface area is 283 Å². The Balaban J connectivity index is 0.000000354. The van der Waals surface area contributed by atoms with Gasteiger partial charge in [0.2, 0.25) is 0 Å². The predicted molar refractivity (Wildman–Crippen MR) is 175 cm³/mol. The van der Waals surface area contributed by atoms with Crippen LogP contribution in [-0.4, -0.2) is 3.71 Å². The molecule has 0 aromatic heterocycles. The molecule has 0 heterocycles. The van der Waals surface area contributed by atoms with Crippen molar-refractivity contribution in [3.8, 4) is 0 Å². The molecule has 4 aromatic rings. The van der Waals surface area contributed by atoms with Crippen molar-refractivity contribution in [2.24, 2.45) is 11.3 Å². The molecule has 5 rings (SSSR count). The Hall–Kier alpha value is -1.66. The average Bonchev–Trinajstić information content (AvgIpc) is 3.42. The first-order valence-electron chi connectivity index (χ1n) is 14.5. The Morgan fingerprint density at radius 2 is 1.14 bits per heavy atom. The van der Waals surface area contributed by atoms with E-state index in [0.29, 0.717) is 11.3 Å². The average molecular weight is 679 g/mol. The molecule has 3 heteroatoms. The summed E-state index contributed by atoms with van der Waals surface area (Å²) in [5.41, 5.74) is 7.63. The normalized spacial score (nSPS) is 14.8. The molecule has 4 aromatic carbocycles. The number of halogens is 2. The number of allylic oxidation sites excluding steroid dienone is 4.